The van der Waals surface area contributed by atoms with Gasteiger partial charge < -0.3 is 10.6 Å². The summed E-state index contributed by atoms with van der Waals surface area (Å²) in [4.78, 5) is 14.2. The Hall–Kier alpha value is -1.42. The minimum absolute atomic E-state index is 0.0638. The van der Waals surface area contributed by atoms with E-state index in [2.05, 4.69) is 0 Å². The molecular weight excluding hydrogens is 255 g/mol. The molecule has 20 heavy (non-hydrogen) atoms. The maximum atomic E-state index is 13.5. The van der Waals surface area contributed by atoms with Crippen molar-refractivity contribution in [2.45, 2.75) is 26.2 Å². The number of hydrogen-bond donors (Lipinski definition) is 1. The molecule has 0 aromatic heterocycles. The van der Waals surface area contributed by atoms with Gasteiger partial charge in [0.25, 0.3) is 0 Å². The first kappa shape index (κ1) is 15.0. The number of nitrogens with zero attached hydrogens (tertiary/aromatic N) is 1. The molecule has 0 spiro atoms. The van der Waals surface area contributed by atoms with Crippen molar-refractivity contribution in [2.24, 2.45) is 17.6 Å². The molecule has 110 valence electrons. The highest BCUT2D eigenvalue weighted by Crippen LogP contribution is 2.20. The molecule has 0 saturated carbocycles. The second kappa shape index (κ2) is 6.84. The number of carbonyl (C=O) groups excluding carboxylic acids is 1. The summed E-state index contributed by atoms with van der Waals surface area (Å²) >= 11 is 0. The van der Waals surface area contributed by atoms with Crippen LogP contribution in [0.1, 0.15) is 25.3 Å². The molecule has 0 aliphatic carbocycles. The molecule has 3 nitrogen and oxygen atoms in total. The quantitative estimate of drug-likeness (QED) is 0.897. The second-order valence-corrected chi connectivity index (χ2v) is 5.71. The molecule has 0 unspecified atom stereocenters. The Kier molecular flexibility index (Phi) is 5.12. The van der Waals surface area contributed by atoms with E-state index < -0.39 is 0 Å². The Bertz CT molecular complexity index is 464. The number of nitrogens with two attached hydrogens (primary N) is 1. The maximum absolute atomic E-state index is 13.5. The van der Waals surface area contributed by atoms with Crippen LogP contribution in [0.5, 0.6) is 0 Å². The lowest BCUT2D eigenvalue weighted by molar-refractivity contribution is -0.134. The lowest BCUT2D eigenvalue weighted by Gasteiger charge is -2.21. The van der Waals surface area contributed by atoms with Crippen molar-refractivity contribution in [1.29, 1.82) is 0 Å². The molecule has 1 heterocycles. The van der Waals surface area contributed by atoms with Crippen LogP contribution in [0.3, 0.4) is 0 Å². The monoisotopic (exact) mass is 278 g/mol. The average molecular weight is 278 g/mol. The Labute approximate surface area is 120 Å². The van der Waals surface area contributed by atoms with Gasteiger partial charge in [0.05, 0.1) is 0 Å². The van der Waals surface area contributed by atoms with Gasteiger partial charge in [-0.1, -0.05) is 25.1 Å². The van der Waals surface area contributed by atoms with Gasteiger partial charge in [-0.05, 0) is 43.4 Å². The molecule has 1 aromatic rings. The summed E-state index contributed by atoms with van der Waals surface area (Å²) in [6, 6.07) is 6.77. The number of likely N-dealkylation sites (tertiary alicyclic amines) is 1. The fourth-order valence-electron chi connectivity index (χ4n) is 2.73. The zero-order valence-corrected chi connectivity index (χ0v) is 12.0. The average Bonchev–Trinajstić information content (AvgIpc) is 2.94. The van der Waals surface area contributed by atoms with Gasteiger partial charge in [0.1, 0.15) is 5.82 Å². The van der Waals surface area contributed by atoms with Crippen molar-refractivity contribution in [2.75, 3.05) is 19.6 Å². The molecule has 0 bridgehead atoms. The lowest BCUT2D eigenvalue weighted by Crippen LogP contribution is -2.34. The summed E-state index contributed by atoms with van der Waals surface area (Å²) in [6.45, 7) is 4.16. The van der Waals surface area contributed by atoms with Crippen LogP contribution in [0, 0.1) is 17.7 Å². The lowest BCUT2D eigenvalue weighted by atomic mass is 9.99. The number of benzene rings is 1. The SMILES string of the molecule is C[C@H](CCc1ccccc1F)C(=O)N1CC[C@H](CN)C1. The number of halogens is 1. The standard InChI is InChI=1S/C16H23FN2O/c1-12(6-7-14-4-2-3-5-15(14)17)16(20)19-9-8-13(10-18)11-19/h2-5,12-13H,6-11,18H2,1H3/t12-,13-/m1/s1. The third kappa shape index (κ3) is 3.57. The van der Waals surface area contributed by atoms with Gasteiger partial charge in [0, 0.05) is 19.0 Å². The molecule has 2 atom stereocenters. The Morgan fingerprint density at radius 3 is 2.90 bits per heavy atom. The van der Waals surface area contributed by atoms with Crippen LogP contribution >= 0.6 is 0 Å². The first-order chi connectivity index (χ1) is 9.61. The zero-order chi connectivity index (χ0) is 14.5. The predicted octanol–water partition coefficient (Wildman–Crippen LogP) is 2.20. The van der Waals surface area contributed by atoms with E-state index in [1.54, 1.807) is 12.1 Å². The van der Waals surface area contributed by atoms with E-state index in [-0.39, 0.29) is 17.6 Å². The summed E-state index contributed by atoms with van der Waals surface area (Å²) in [6.07, 6.45) is 2.29. The highest BCUT2D eigenvalue weighted by molar-refractivity contribution is 5.78. The van der Waals surface area contributed by atoms with Crippen molar-refractivity contribution in [3.8, 4) is 0 Å². The Balaban J connectivity index is 1.84. The van der Waals surface area contributed by atoms with Gasteiger partial charge in [-0.3, -0.25) is 4.79 Å². The minimum atomic E-state index is -0.184. The van der Waals surface area contributed by atoms with Gasteiger partial charge in [0.15, 0.2) is 0 Å². The van der Waals surface area contributed by atoms with Gasteiger partial charge in [0.2, 0.25) is 5.91 Å². The molecule has 1 fully saturated rings. The van der Waals surface area contributed by atoms with Crippen molar-refractivity contribution in [1.82, 2.24) is 4.90 Å². The summed E-state index contributed by atoms with van der Waals surface area (Å²) in [5.41, 5.74) is 6.33. The Morgan fingerprint density at radius 2 is 2.25 bits per heavy atom. The van der Waals surface area contributed by atoms with Crippen molar-refractivity contribution in [3.63, 3.8) is 0 Å². The van der Waals surface area contributed by atoms with E-state index in [9.17, 15) is 9.18 Å². The normalized spacial score (nSPS) is 20.1. The van der Waals surface area contributed by atoms with E-state index in [0.29, 0.717) is 30.9 Å². The van der Waals surface area contributed by atoms with Crippen LogP contribution in [0.25, 0.3) is 0 Å². The van der Waals surface area contributed by atoms with Crippen molar-refractivity contribution >= 4 is 5.91 Å². The molecule has 0 radical (unpaired) electrons. The summed E-state index contributed by atoms with van der Waals surface area (Å²) in [7, 11) is 0. The molecule has 1 aromatic carbocycles. The van der Waals surface area contributed by atoms with Crippen LogP contribution in [0.4, 0.5) is 4.39 Å². The highest BCUT2D eigenvalue weighted by atomic mass is 19.1. The smallest absolute Gasteiger partial charge is 0.225 e. The number of carbonyl (C=O) groups is 1. The molecule has 1 amide bonds. The zero-order valence-electron chi connectivity index (χ0n) is 12.0. The fourth-order valence-corrected chi connectivity index (χ4v) is 2.73. The van der Waals surface area contributed by atoms with E-state index in [4.69, 9.17) is 5.73 Å². The van der Waals surface area contributed by atoms with Crippen LogP contribution < -0.4 is 5.73 Å². The van der Waals surface area contributed by atoms with Gasteiger partial charge >= 0.3 is 0 Å². The molecule has 1 saturated heterocycles. The third-order valence-corrected chi connectivity index (χ3v) is 4.16. The van der Waals surface area contributed by atoms with Crippen LogP contribution in [-0.4, -0.2) is 30.4 Å². The minimum Gasteiger partial charge on any atom is -0.342 e. The van der Waals surface area contributed by atoms with Crippen LogP contribution in [-0.2, 0) is 11.2 Å². The van der Waals surface area contributed by atoms with Crippen molar-refractivity contribution in [3.05, 3.63) is 35.6 Å². The van der Waals surface area contributed by atoms with Gasteiger partial charge in [-0.25, -0.2) is 4.39 Å². The van der Waals surface area contributed by atoms with Crippen LogP contribution in [0.2, 0.25) is 0 Å². The number of hydrogen-bond acceptors (Lipinski definition) is 2. The molecule has 1 aliphatic rings. The number of amides is 1. The van der Waals surface area contributed by atoms with E-state index >= 15 is 0 Å². The maximum Gasteiger partial charge on any atom is 0.225 e. The van der Waals surface area contributed by atoms with Gasteiger partial charge in [-0.2, -0.15) is 0 Å². The summed E-state index contributed by atoms with van der Waals surface area (Å²) in [5.74, 6) is 0.373. The summed E-state index contributed by atoms with van der Waals surface area (Å²) in [5, 5.41) is 0. The molecule has 4 heteroatoms. The number of aryl methyl sites for hydroxylation is 1. The molecular formula is C16H23FN2O. The number of rotatable bonds is 5. The molecule has 1 aliphatic heterocycles. The predicted molar refractivity (Wildman–Crippen MR) is 77.6 cm³/mol. The second-order valence-electron chi connectivity index (χ2n) is 5.71. The van der Waals surface area contributed by atoms with E-state index in [1.165, 1.54) is 6.07 Å². The Morgan fingerprint density at radius 1 is 1.50 bits per heavy atom. The van der Waals surface area contributed by atoms with E-state index in [0.717, 1.165) is 19.5 Å². The largest absolute Gasteiger partial charge is 0.342 e. The fraction of sp³-hybridized carbons (Fsp3) is 0.562. The summed E-state index contributed by atoms with van der Waals surface area (Å²) < 4.78 is 13.5. The van der Waals surface area contributed by atoms with Crippen molar-refractivity contribution < 1.29 is 9.18 Å². The first-order valence-corrected chi connectivity index (χ1v) is 7.34. The van der Waals surface area contributed by atoms with Gasteiger partial charge in [-0.15, -0.1) is 0 Å². The topological polar surface area (TPSA) is 46.3 Å². The molecule has 2 rings (SSSR count). The third-order valence-electron chi connectivity index (χ3n) is 4.16. The highest BCUT2D eigenvalue weighted by Gasteiger charge is 2.28. The molecule has 2 N–H and O–H groups in total. The van der Waals surface area contributed by atoms with Crippen LogP contribution in [0.15, 0.2) is 24.3 Å². The van der Waals surface area contributed by atoms with E-state index in [1.807, 2.05) is 17.9 Å². The first-order valence-electron chi connectivity index (χ1n) is 7.34.